The summed E-state index contributed by atoms with van der Waals surface area (Å²) in [6.07, 6.45) is 2.55. The van der Waals surface area contributed by atoms with Crippen LogP contribution in [0.3, 0.4) is 0 Å². The van der Waals surface area contributed by atoms with Crippen molar-refractivity contribution in [3.63, 3.8) is 0 Å². The number of nitrogens with zero attached hydrogens (tertiary/aromatic N) is 2. The molecule has 202 valence electrons. The molecule has 0 unspecified atom stereocenters. The molecule has 1 heterocycles. The van der Waals surface area contributed by atoms with Gasteiger partial charge in [0, 0.05) is 36.1 Å². The molecule has 4 aromatic rings. The van der Waals surface area contributed by atoms with Crippen molar-refractivity contribution in [2.45, 2.75) is 12.8 Å². The monoisotopic (exact) mass is 551 g/mol. The van der Waals surface area contributed by atoms with Crippen LogP contribution in [-0.4, -0.2) is 38.1 Å². The van der Waals surface area contributed by atoms with Gasteiger partial charge in [0.1, 0.15) is 22.7 Å². The van der Waals surface area contributed by atoms with E-state index in [4.69, 9.17) is 14.2 Å². The lowest BCUT2D eigenvalue weighted by Crippen LogP contribution is -2.41. The Morgan fingerprint density at radius 3 is 2.18 bits per heavy atom. The Morgan fingerprint density at radius 2 is 1.56 bits per heavy atom. The smallest absolute Gasteiger partial charge is 0.242 e. The second-order valence-corrected chi connectivity index (χ2v) is 9.04. The van der Waals surface area contributed by atoms with Crippen LogP contribution in [0.4, 0.5) is 15.8 Å². The largest absolute Gasteiger partial charge is 0.493 e. The van der Waals surface area contributed by atoms with Crippen molar-refractivity contribution < 1.29 is 28.2 Å². The summed E-state index contributed by atoms with van der Waals surface area (Å²) in [6.45, 7) is 0. The number of rotatable bonds is 8. The molecule has 0 aliphatic heterocycles. The van der Waals surface area contributed by atoms with Gasteiger partial charge < -0.3 is 24.4 Å². The van der Waals surface area contributed by atoms with Gasteiger partial charge in [0.05, 0.1) is 19.7 Å². The van der Waals surface area contributed by atoms with Crippen LogP contribution in [0.15, 0.2) is 72.9 Å². The number of amides is 2. The highest BCUT2D eigenvalue weighted by atomic mass is 35.5. The van der Waals surface area contributed by atoms with E-state index >= 15 is 0 Å². The molecule has 10 heteroatoms. The zero-order chi connectivity index (χ0) is 26.9. The molecule has 0 bridgehead atoms. The van der Waals surface area contributed by atoms with Crippen molar-refractivity contribution in [1.82, 2.24) is 4.98 Å². The van der Waals surface area contributed by atoms with Crippen molar-refractivity contribution in [3.8, 4) is 23.0 Å². The van der Waals surface area contributed by atoms with Crippen molar-refractivity contribution in [2.24, 2.45) is 5.41 Å². The van der Waals surface area contributed by atoms with Gasteiger partial charge in [0.25, 0.3) is 0 Å². The predicted octanol–water partition coefficient (Wildman–Crippen LogP) is 5.99. The van der Waals surface area contributed by atoms with Gasteiger partial charge in [-0.3, -0.25) is 14.6 Å². The molecule has 1 saturated carbocycles. The van der Waals surface area contributed by atoms with Crippen LogP contribution >= 0.6 is 12.4 Å². The average Bonchev–Trinajstić information content (AvgIpc) is 3.75. The van der Waals surface area contributed by atoms with Crippen LogP contribution < -0.4 is 24.4 Å². The Labute approximate surface area is 231 Å². The Kier molecular flexibility index (Phi) is 7.92. The van der Waals surface area contributed by atoms with Gasteiger partial charge in [-0.2, -0.15) is 0 Å². The number of halogens is 2. The van der Waals surface area contributed by atoms with E-state index in [-0.39, 0.29) is 24.2 Å². The van der Waals surface area contributed by atoms with Gasteiger partial charge in [-0.25, -0.2) is 4.39 Å². The van der Waals surface area contributed by atoms with E-state index in [2.05, 4.69) is 10.3 Å². The minimum absolute atomic E-state index is 0. The third kappa shape index (κ3) is 5.44. The summed E-state index contributed by atoms with van der Waals surface area (Å²) >= 11 is 0. The van der Waals surface area contributed by atoms with E-state index in [1.807, 2.05) is 0 Å². The number of benzene rings is 3. The number of carbonyl (C=O) groups is 2. The SMILES string of the molecule is COc1cc2nccc(Oc3ccc(NC(=O)C4(C(=O)N(C)c5ccc(F)cc5)CC4)cc3)c2cc1OC.Cl. The van der Waals surface area contributed by atoms with Gasteiger partial charge in [0.2, 0.25) is 11.8 Å². The lowest BCUT2D eigenvalue weighted by Gasteiger charge is -2.23. The summed E-state index contributed by atoms with van der Waals surface area (Å²) in [6, 6.07) is 17.8. The van der Waals surface area contributed by atoms with E-state index in [0.29, 0.717) is 52.7 Å². The number of aromatic nitrogens is 1. The number of hydrogen-bond acceptors (Lipinski definition) is 6. The molecule has 5 rings (SSSR count). The maximum absolute atomic E-state index is 13.3. The molecular weight excluding hydrogens is 525 g/mol. The summed E-state index contributed by atoms with van der Waals surface area (Å²) in [4.78, 5) is 32.0. The predicted molar refractivity (Wildman–Crippen MR) is 149 cm³/mol. The molecule has 8 nitrogen and oxygen atoms in total. The van der Waals surface area contributed by atoms with Crippen molar-refractivity contribution >= 4 is 46.5 Å². The van der Waals surface area contributed by atoms with Gasteiger partial charge in [-0.05, 0) is 73.5 Å². The number of carbonyl (C=O) groups excluding carboxylic acids is 2. The molecule has 1 fully saturated rings. The second kappa shape index (κ2) is 11.2. The van der Waals surface area contributed by atoms with E-state index in [1.165, 1.54) is 29.2 Å². The van der Waals surface area contributed by atoms with Crippen LogP contribution in [0.2, 0.25) is 0 Å². The number of nitrogens with one attached hydrogen (secondary N) is 1. The zero-order valence-electron chi connectivity index (χ0n) is 21.6. The molecule has 1 aliphatic rings. The quantitative estimate of drug-likeness (QED) is 0.271. The van der Waals surface area contributed by atoms with Crippen molar-refractivity contribution in [1.29, 1.82) is 0 Å². The first-order valence-corrected chi connectivity index (χ1v) is 12.0. The first-order chi connectivity index (χ1) is 18.3. The highest BCUT2D eigenvalue weighted by Crippen LogP contribution is 2.48. The fraction of sp³-hybridized carbons (Fsp3) is 0.207. The van der Waals surface area contributed by atoms with Crippen LogP contribution in [0.5, 0.6) is 23.0 Å². The van der Waals surface area contributed by atoms with Crippen molar-refractivity contribution in [3.05, 3.63) is 78.7 Å². The Balaban J connectivity index is 0.00000353. The Bertz CT molecular complexity index is 1510. The number of fused-ring (bicyclic) bond motifs is 1. The fourth-order valence-corrected chi connectivity index (χ4v) is 4.29. The number of ether oxygens (including phenoxy) is 3. The number of methoxy groups -OCH3 is 2. The molecule has 1 aromatic heterocycles. The number of pyridine rings is 1. The second-order valence-electron chi connectivity index (χ2n) is 9.04. The molecule has 2 amide bonds. The summed E-state index contributed by atoms with van der Waals surface area (Å²) in [5.41, 5.74) is 0.622. The topological polar surface area (TPSA) is 90.0 Å². The maximum Gasteiger partial charge on any atom is 0.242 e. The average molecular weight is 552 g/mol. The molecule has 0 spiro atoms. The highest BCUT2D eigenvalue weighted by molar-refractivity contribution is 6.17. The zero-order valence-corrected chi connectivity index (χ0v) is 22.4. The third-order valence-corrected chi connectivity index (χ3v) is 6.66. The molecule has 0 atom stereocenters. The van der Waals surface area contributed by atoms with Gasteiger partial charge in [-0.15, -0.1) is 12.4 Å². The Hall–Kier alpha value is -4.37. The molecule has 39 heavy (non-hydrogen) atoms. The standard InChI is InChI=1S/C29H26FN3O5.ClH/c1-33(20-8-4-18(30)5-9-20)28(35)29(13-14-29)27(34)32-19-6-10-21(11-7-19)38-24-12-15-31-23-17-26(37-3)25(36-2)16-22(23)24;/h4-12,15-17H,13-14H2,1-3H3,(H,32,34);1H. The fourth-order valence-electron chi connectivity index (χ4n) is 4.29. The summed E-state index contributed by atoms with van der Waals surface area (Å²) in [5, 5.41) is 3.60. The van der Waals surface area contributed by atoms with Crippen LogP contribution in [0.1, 0.15) is 12.8 Å². The summed E-state index contributed by atoms with van der Waals surface area (Å²) in [5.74, 6) is 1.19. The van der Waals surface area contributed by atoms with E-state index in [0.717, 1.165) is 5.39 Å². The minimum atomic E-state index is -1.13. The third-order valence-electron chi connectivity index (χ3n) is 6.66. The van der Waals surface area contributed by atoms with E-state index in [1.54, 1.807) is 69.9 Å². The van der Waals surface area contributed by atoms with E-state index < -0.39 is 11.2 Å². The molecule has 0 saturated heterocycles. The summed E-state index contributed by atoms with van der Waals surface area (Å²) < 4.78 is 30.1. The number of anilines is 2. The number of hydrogen-bond donors (Lipinski definition) is 1. The van der Waals surface area contributed by atoms with Gasteiger partial charge >= 0.3 is 0 Å². The molecule has 0 radical (unpaired) electrons. The Morgan fingerprint density at radius 1 is 0.923 bits per heavy atom. The maximum atomic E-state index is 13.3. The molecule has 1 N–H and O–H groups in total. The van der Waals surface area contributed by atoms with Gasteiger partial charge in [0.15, 0.2) is 11.5 Å². The lowest BCUT2D eigenvalue weighted by atomic mass is 10.0. The van der Waals surface area contributed by atoms with Crippen LogP contribution in [0, 0.1) is 11.2 Å². The first-order valence-electron chi connectivity index (χ1n) is 12.0. The van der Waals surface area contributed by atoms with Crippen LogP contribution in [-0.2, 0) is 9.59 Å². The van der Waals surface area contributed by atoms with E-state index in [9.17, 15) is 14.0 Å². The van der Waals surface area contributed by atoms with Crippen LogP contribution in [0.25, 0.3) is 10.9 Å². The molecule has 3 aromatic carbocycles. The molecular formula is C29H27ClFN3O5. The molecule has 1 aliphatic carbocycles. The summed E-state index contributed by atoms with van der Waals surface area (Å²) in [7, 11) is 4.71. The lowest BCUT2D eigenvalue weighted by molar-refractivity contribution is -0.132. The highest BCUT2D eigenvalue weighted by Gasteiger charge is 2.57. The van der Waals surface area contributed by atoms with Gasteiger partial charge in [-0.1, -0.05) is 0 Å². The first kappa shape index (κ1) is 27.7. The minimum Gasteiger partial charge on any atom is -0.493 e. The normalized spacial score (nSPS) is 13.1. The van der Waals surface area contributed by atoms with Crippen molar-refractivity contribution in [2.75, 3.05) is 31.5 Å².